The maximum absolute atomic E-state index is 12.6. The minimum Gasteiger partial charge on any atom is -0.459 e. The first-order valence-corrected chi connectivity index (χ1v) is 10.1. The predicted octanol–water partition coefficient (Wildman–Crippen LogP) is 4.87. The van der Waals surface area contributed by atoms with Crippen molar-refractivity contribution in [2.24, 2.45) is 5.92 Å². The molecule has 0 unspecified atom stereocenters. The van der Waals surface area contributed by atoms with Crippen LogP contribution in [0.4, 0.5) is 5.69 Å². The van der Waals surface area contributed by atoms with Gasteiger partial charge in [0.15, 0.2) is 5.76 Å². The van der Waals surface area contributed by atoms with Crippen LogP contribution in [-0.2, 0) is 4.79 Å². The normalized spacial score (nSPS) is 14.4. The number of aryl methyl sites for hydroxylation is 1. The van der Waals surface area contributed by atoms with Crippen molar-refractivity contribution in [3.8, 4) is 11.5 Å². The molecule has 2 heterocycles. The molecule has 1 fully saturated rings. The van der Waals surface area contributed by atoms with E-state index in [1.165, 1.54) is 11.8 Å². The fraction of sp³-hybridized carbons (Fsp3) is 0.250. The van der Waals surface area contributed by atoms with Gasteiger partial charge in [-0.3, -0.25) is 9.59 Å². The van der Waals surface area contributed by atoms with Crippen LogP contribution in [0.15, 0.2) is 71.3 Å². The van der Waals surface area contributed by atoms with Crippen LogP contribution in [0, 0.1) is 12.8 Å². The molecule has 6 nitrogen and oxygen atoms in total. The lowest BCUT2D eigenvalue weighted by Crippen LogP contribution is -2.41. The Kier molecular flexibility index (Phi) is 5.84. The number of piperidine rings is 1. The molecule has 4 rings (SSSR count). The number of benzene rings is 2. The number of ether oxygens (including phenoxy) is 1. The number of furan rings is 1. The van der Waals surface area contributed by atoms with Crippen molar-refractivity contribution in [1.29, 1.82) is 0 Å². The van der Waals surface area contributed by atoms with E-state index in [1.807, 2.05) is 55.5 Å². The first-order valence-electron chi connectivity index (χ1n) is 10.1. The highest BCUT2D eigenvalue weighted by atomic mass is 16.5. The maximum atomic E-state index is 12.6. The van der Waals surface area contributed by atoms with Crippen LogP contribution in [0.5, 0.6) is 11.5 Å². The van der Waals surface area contributed by atoms with Crippen molar-refractivity contribution in [2.75, 3.05) is 18.4 Å². The van der Waals surface area contributed by atoms with E-state index < -0.39 is 0 Å². The number of rotatable bonds is 5. The number of amides is 2. The van der Waals surface area contributed by atoms with Gasteiger partial charge in [-0.15, -0.1) is 0 Å². The van der Waals surface area contributed by atoms with Gasteiger partial charge < -0.3 is 19.4 Å². The van der Waals surface area contributed by atoms with Crippen LogP contribution in [0.3, 0.4) is 0 Å². The molecule has 2 amide bonds. The van der Waals surface area contributed by atoms with E-state index in [9.17, 15) is 9.59 Å². The van der Waals surface area contributed by atoms with Gasteiger partial charge in [-0.05, 0) is 68.3 Å². The molecule has 0 atom stereocenters. The molecule has 30 heavy (non-hydrogen) atoms. The Morgan fingerprint density at radius 1 is 0.967 bits per heavy atom. The number of likely N-dealkylation sites (tertiary alicyclic amines) is 1. The second kappa shape index (κ2) is 8.86. The standard InChI is InChI=1S/C24H24N2O4/c1-17-4-8-20(9-5-17)30-21-10-6-19(7-11-21)25-23(27)18-12-14-26(15-13-18)24(28)22-3-2-16-29-22/h2-11,16,18H,12-15H2,1H3,(H,25,27). The van der Waals surface area contributed by atoms with E-state index in [-0.39, 0.29) is 17.7 Å². The first kappa shape index (κ1) is 19.8. The highest BCUT2D eigenvalue weighted by Gasteiger charge is 2.28. The smallest absolute Gasteiger partial charge is 0.289 e. The largest absolute Gasteiger partial charge is 0.459 e. The lowest BCUT2D eigenvalue weighted by Gasteiger charge is -2.30. The Labute approximate surface area is 175 Å². The summed E-state index contributed by atoms with van der Waals surface area (Å²) in [6.07, 6.45) is 2.75. The first-order chi connectivity index (χ1) is 14.6. The molecule has 3 aromatic rings. The summed E-state index contributed by atoms with van der Waals surface area (Å²) in [7, 11) is 0. The van der Waals surface area contributed by atoms with Crippen molar-refractivity contribution >= 4 is 17.5 Å². The third-order valence-corrected chi connectivity index (χ3v) is 5.26. The van der Waals surface area contributed by atoms with E-state index in [0.717, 1.165) is 11.4 Å². The van der Waals surface area contributed by atoms with Gasteiger partial charge in [0.2, 0.25) is 5.91 Å². The summed E-state index contributed by atoms with van der Waals surface area (Å²) < 4.78 is 11.0. The number of carbonyl (C=O) groups excluding carboxylic acids is 2. The fourth-order valence-electron chi connectivity index (χ4n) is 3.49. The van der Waals surface area contributed by atoms with Crippen LogP contribution in [0.1, 0.15) is 29.0 Å². The van der Waals surface area contributed by atoms with Crippen LogP contribution >= 0.6 is 0 Å². The molecular formula is C24H24N2O4. The lowest BCUT2D eigenvalue weighted by atomic mass is 9.95. The second-order valence-electron chi connectivity index (χ2n) is 7.47. The molecule has 1 aliphatic rings. The fourth-order valence-corrected chi connectivity index (χ4v) is 3.49. The summed E-state index contributed by atoms with van der Waals surface area (Å²) in [6, 6.07) is 18.5. The lowest BCUT2D eigenvalue weighted by molar-refractivity contribution is -0.121. The molecule has 0 spiro atoms. The molecule has 1 aromatic heterocycles. The maximum Gasteiger partial charge on any atom is 0.289 e. The molecule has 2 aromatic carbocycles. The number of hydrogen-bond donors (Lipinski definition) is 1. The Morgan fingerprint density at radius 3 is 2.20 bits per heavy atom. The second-order valence-corrected chi connectivity index (χ2v) is 7.47. The summed E-state index contributed by atoms with van der Waals surface area (Å²) in [5, 5.41) is 2.97. The van der Waals surface area contributed by atoms with Crippen LogP contribution in [0.25, 0.3) is 0 Å². The van der Waals surface area contributed by atoms with Gasteiger partial charge in [0.25, 0.3) is 5.91 Å². The van der Waals surface area contributed by atoms with Crippen LogP contribution in [-0.4, -0.2) is 29.8 Å². The highest BCUT2D eigenvalue weighted by Crippen LogP contribution is 2.25. The van der Waals surface area contributed by atoms with E-state index in [0.29, 0.717) is 37.4 Å². The zero-order chi connectivity index (χ0) is 20.9. The number of anilines is 1. The molecule has 0 aliphatic carbocycles. The Hall–Kier alpha value is -3.54. The number of carbonyl (C=O) groups is 2. The van der Waals surface area contributed by atoms with Gasteiger partial charge in [0.1, 0.15) is 11.5 Å². The summed E-state index contributed by atoms with van der Waals surface area (Å²) in [5.41, 5.74) is 1.90. The van der Waals surface area contributed by atoms with Crippen molar-refractivity contribution in [2.45, 2.75) is 19.8 Å². The average molecular weight is 404 g/mol. The Morgan fingerprint density at radius 2 is 1.60 bits per heavy atom. The van der Waals surface area contributed by atoms with Crippen LogP contribution in [0.2, 0.25) is 0 Å². The van der Waals surface area contributed by atoms with Crippen molar-refractivity contribution in [1.82, 2.24) is 4.90 Å². The van der Waals surface area contributed by atoms with Crippen molar-refractivity contribution in [3.63, 3.8) is 0 Å². The molecule has 6 heteroatoms. The van der Waals surface area contributed by atoms with Crippen molar-refractivity contribution in [3.05, 3.63) is 78.3 Å². The Balaban J connectivity index is 1.28. The molecule has 154 valence electrons. The van der Waals surface area contributed by atoms with Gasteiger partial charge >= 0.3 is 0 Å². The van der Waals surface area contributed by atoms with E-state index in [1.54, 1.807) is 17.0 Å². The monoisotopic (exact) mass is 404 g/mol. The zero-order valence-corrected chi connectivity index (χ0v) is 16.8. The summed E-state index contributed by atoms with van der Waals surface area (Å²) in [6.45, 7) is 3.12. The van der Waals surface area contributed by atoms with E-state index in [2.05, 4.69) is 5.32 Å². The Bertz CT molecular complexity index is 987. The van der Waals surface area contributed by atoms with Gasteiger partial charge in [0.05, 0.1) is 6.26 Å². The highest BCUT2D eigenvalue weighted by molar-refractivity contribution is 5.94. The summed E-state index contributed by atoms with van der Waals surface area (Å²) >= 11 is 0. The minimum atomic E-state index is -0.122. The average Bonchev–Trinajstić information content (AvgIpc) is 3.31. The molecule has 1 aliphatic heterocycles. The van der Waals surface area contributed by atoms with Gasteiger partial charge in [-0.1, -0.05) is 17.7 Å². The quantitative estimate of drug-likeness (QED) is 0.658. The molecular weight excluding hydrogens is 380 g/mol. The molecule has 1 N–H and O–H groups in total. The van der Waals surface area contributed by atoms with Gasteiger partial charge in [-0.2, -0.15) is 0 Å². The third kappa shape index (κ3) is 4.71. The number of hydrogen-bond acceptors (Lipinski definition) is 4. The molecule has 0 radical (unpaired) electrons. The van der Waals surface area contributed by atoms with Crippen LogP contribution < -0.4 is 10.1 Å². The van der Waals surface area contributed by atoms with E-state index in [4.69, 9.17) is 9.15 Å². The summed E-state index contributed by atoms with van der Waals surface area (Å²) in [5.74, 6) is 1.56. The zero-order valence-electron chi connectivity index (χ0n) is 16.8. The molecule has 0 saturated carbocycles. The minimum absolute atomic E-state index is 0.0210. The van der Waals surface area contributed by atoms with Crippen molar-refractivity contribution < 1.29 is 18.7 Å². The topological polar surface area (TPSA) is 71.8 Å². The van der Waals surface area contributed by atoms with E-state index >= 15 is 0 Å². The number of nitrogens with one attached hydrogen (secondary N) is 1. The predicted molar refractivity (Wildman–Crippen MR) is 114 cm³/mol. The third-order valence-electron chi connectivity index (χ3n) is 5.26. The number of nitrogens with zero attached hydrogens (tertiary/aromatic N) is 1. The molecule has 1 saturated heterocycles. The van der Waals surface area contributed by atoms with Gasteiger partial charge in [0, 0.05) is 24.7 Å². The van der Waals surface area contributed by atoms with Gasteiger partial charge in [-0.25, -0.2) is 0 Å². The molecule has 0 bridgehead atoms. The SMILES string of the molecule is Cc1ccc(Oc2ccc(NC(=O)C3CCN(C(=O)c4ccco4)CC3)cc2)cc1. The summed E-state index contributed by atoms with van der Waals surface area (Å²) in [4.78, 5) is 26.7.